The maximum absolute atomic E-state index is 11.1. The number of hydrogen-bond donors (Lipinski definition) is 1. The molecule has 1 aliphatic rings. The number of allylic oxidation sites excluding steroid dienone is 1. The summed E-state index contributed by atoms with van der Waals surface area (Å²) in [6.07, 6.45) is 7.68. The quantitative estimate of drug-likeness (QED) is 0.703. The van der Waals surface area contributed by atoms with Crippen LogP contribution in [0.1, 0.15) is 46.0 Å². The number of rotatable bonds is 3. The molecular weight excluding hydrogens is 176 g/mol. The van der Waals surface area contributed by atoms with Crippen LogP contribution in [-0.4, -0.2) is 11.1 Å². The van der Waals surface area contributed by atoms with Gasteiger partial charge in [0.1, 0.15) is 0 Å². The Kier molecular flexibility index (Phi) is 4.18. The van der Waals surface area contributed by atoms with Gasteiger partial charge in [0.15, 0.2) is 0 Å². The molecule has 0 aromatic carbocycles. The van der Waals surface area contributed by atoms with Gasteiger partial charge < -0.3 is 5.11 Å². The van der Waals surface area contributed by atoms with Crippen LogP contribution in [0, 0.1) is 11.8 Å². The molecule has 1 rings (SSSR count). The van der Waals surface area contributed by atoms with Gasteiger partial charge in [0.05, 0.1) is 0 Å². The monoisotopic (exact) mass is 196 g/mol. The first-order valence-corrected chi connectivity index (χ1v) is 5.56. The number of carbonyl (C=O) groups is 1. The third-order valence-corrected chi connectivity index (χ3v) is 2.80. The van der Waals surface area contributed by atoms with Crippen molar-refractivity contribution in [2.45, 2.75) is 46.0 Å². The Morgan fingerprint density at radius 2 is 1.86 bits per heavy atom. The predicted molar refractivity (Wildman–Crippen MR) is 57.1 cm³/mol. The Hall–Kier alpha value is -0.790. The Morgan fingerprint density at radius 3 is 2.29 bits per heavy atom. The van der Waals surface area contributed by atoms with Crippen molar-refractivity contribution in [1.82, 2.24) is 0 Å². The fourth-order valence-electron chi connectivity index (χ4n) is 2.15. The molecule has 2 nitrogen and oxygen atoms in total. The predicted octanol–water partition coefficient (Wildman–Crippen LogP) is 3.23. The minimum Gasteiger partial charge on any atom is -0.478 e. The van der Waals surface area contributed by atoms with Gasteiger partial charge in [-0.15, -0.1) is 0 Å². The molecule has 0 aliphatic heterocycles. The van der Waals surface area contributed by atoms with E-state index in [-0.39, 0.29) is 0 Å². The lowest BCUT2D eigenvalue weighted by molar-refractivity contribution is -0.133. The zero-order valence-electron chi connectivity index (χ0n) is 9.12. The Bertz CT molecular complexity index is 222. The van der Waals surface area contributed by atoms with Crippen molar-refractivity contribution in [3.8, 4) is 0 Å². The molecule has 14 heavy (non-hydrogen) atoms. The van der Waals surface area contributed by atoms with Gasteiger partial charge >= 0.3 is 5.97 Å². The van der Waals surface area contributed by atoms with E-state index in [9.17, 15) is 4.79 Å². The van der Waals surface area contributed by atoms with Crippen LogP contribution in [0.25, 0.3) is 0 Å². The highest BCUT2D eigenvalue weighted by Crippen LogP contribution is 2.30. The van der Waals surface area contributed by atoms with Crippen LogP contribution in [-0.2, 0) is 4.79 Å². The van der Waals surface area contributed by atoms with E-state index in [1.54, 1.807) is 0 Å². The lowest BCUT2D eigenvalue weighted by Crippen LogP contribution is -2.16. The van der Waals surface area contributed by atoms with E-state index in [1.165, 1.54) is 19.3 Å². The number of hydrogen-bond acceptors (Lipinski definition) is 1. The van der Waals surface area contributed by atoms with E-state index >= 15 is 0 Å². The van der Waals surface area contributed by atoms with Crippen LogP contribution in [0.15, 0.2) is 11.6 Å². The lowest BCUT2D eigenvalue weighted by Gasteiger charge is -2.22. The maximum Gasteiger partial charge on any atom is 0.331 e. The fourth-order valence-corrected chi connectivity index (χ4v) is 2.15. The summed E-state index contributed by atoms with van der Waals surface area (Å²) in [5.41, 5.74) is 0.653. The van der Waals surface area contributed by atoms with Crippen LogP contribution in [0.4, 0.5) is 0 Å². The van der Waals surface area contributed by atoms with E-state index in [1.807, 2.05) is 19.9 Å². The largest absolute Gasteiger partial charge is 0.478 e. The van der Waals surface area contributed by atoms with E-state index in [4.69, 9.17) is 5.11 Å². The van der Waals surface area contributed by atoms with Crippen molar-refractivity contribution in [2.24, 2.45) is 11.8 Å². The third-order valence-electron chi connectivity index (χ3n) is 2.80. The molecule has 0 spiro atoms. The molecule has 1 fully saturated rings. The van der Waals surface area contributed by atoms with E-state index in [0.29, 0.717) is 17.4 Å². The summed E-state index contributed by atoms with van der Waals surface area (Å²) in [6.45, 7) is 4.07. The van der Waals surface area contributed by atoms with Gasteiger partial charge in [-0.3, -0.25) is 0 Å². The molecule has 0 bridgehead atoms. The van der Waals surface area contributed by atoms with Gasteiger partial charge in [0.25, 0.3) is 0 Å². The summed E-state index contributed by atoms with van der Waals surface area (Å²) < 4.78 is 0. The van der Waals surface area contributed by atoms with Crippen molar-refractivity contribution in [3.05, 3.63) is 11.6 Å². The zero-order valence-corrected chi connectivity index (χ0v) is 9.12. The molecule has 0 aromatic rings. The topological polar surface area (TPSA) is 37.3 Å². The first-order chi connectivity index (χ1) is 6.61. The molecule has 0 amide bonds. The van der Waals surface area contributed by atoms with Crippen molar-refractivity contribution >= 4 is 5.97 Å². The molecular formula is C12H20O2. The maximum atomic E-state index is 11.1. The van der Waals surface area contributed by atoms with Crippen molar-refractivity contribution in [1.29, 1.82) is 0 Å². The molecule has 80 valence electrons. The molecule has 2 heteroatoms. The minimum atomic E-state index is -0.717. The summed E-state index contributed by atoms with van der Waals surface area (Å²) in [6, 6.07) is 0. The summed E-state index contributed by atoms with van der Waals surface area (Å²) in [7, 11) is 0. The summed E-state index contributed by atoms with van der Waals surface area (Å²) >= 11 is 0. The van der Waals surface area contributed by atoms with E-state index in [0.717, 1.165) is 12.8 Å². The molecule has 0 saturated heterocycles. The van der Waals surface area contributed by atoms with Gasteiger partial charge in [0, 0.05) is 5.57 Å². The molecule has 1 saturated carbocycles. The highest BCUT2D eigenvalue weighted by molar-refractivity contribution is 5.87. The SMILES string of the molecule is CC(C)C=C(C(=O)O)C1CCCCC1. The Morgan fingerprint density at radius 1 is 1.29 bits per heavy atom. The van der Waals surface area contributed by atoms with E-state index in [2.05, 4.69) is 0 Å². The van der Waals surface area contributed by atoms with Gasteiger partial charge in [-0.25, -0.2) is 4.79 Å². The second-order valence-electron chi connectivity index (χ2n) is 4.51. The van der Waals surface area contributed by atoms with Gasteiger partial charge in [-0.05, 0) is 24.7 Å². The smallest absolute Gasteiger partial charge is 0.331 e. The zero-order chi connectivity index (χ0) is 10.6. The number of aliphatic carboxylic acids is 1. The van der Waals surface area contributed by atoms with Crippen LogP contribution in [0.3, 0.4) is 0 Å². The van der Waals surface area contributed by atoms with Crippen LogP contribution in [0.5, 0.6) is 0 Å². The molecule has 0 unspecified atom stereocenters. The molecule has 1 N–H and O–H groups in total. The fraction of sp³-hybridized carbons (Fsp3) is 0.750. The van der Waals surface area contributed by atoms with Crippen LogP contribution in [0.2, 0.25) is 0 Å². The van der Waals surface area contributed by atoms with Crippen molar-refractivity contribution < 1.29 is 9.90 Å². The third kappa shape index (κ3) is 3.17. The molecule has 0 atom stereocenters. The molecule has 0 radical (unpaired) electrons. The Labute approximate surface area is 86.0 Å². The Balaban J connectivity index is 2.71. The standard InChI is InChI=1S/C12H20O2/c1-9(2)8-11(12(13)14)10-6-4-3-5-7-10/h8-10H,3-7H2,1-2H3,(H,13,14). The van der Waals surface area contributed by atoms with Crippen LogP contribution >= 0.6 is 0 Å². The number of carboxylic acids is 1. The van der Waals surface area contributed by atoms with E-state index < -0.39 is 5.97 Å². The average molecular weight is 196 g/mol. The first-order valence-electron chi connectivity index (χ1n) is 5.56. The van der Waals surface area contributed by atoms with Crippen LogP contribution < -0.4 is 0 Å². The average Bonchev–Trinajstić information content (AvgIpc) is 2.15. The molecule has 0 aromatic heterocycles. The van der Waals surface area contributed by atoms with Crippen molar-refractivity contribution in [2.75, 3.05) is 0 Å². The van der Waals surface area contributed by atoms with Gasteiger partial charge in [0.2, 0.25) is 0 Å². The van der Waals surface area contributed by atoms with Gasteiger partial charge in [-0.1, -0.05) is 39.2 Å². The lowest BCUT2D eigenvalue weighted by atomic mass is 9.83. The summed E-state index contributed by atoms with van der Waals surface area (Å²) in [4.78, 5) is 11.1. The minimum absolute atomic E-state index is 0.309. The highest BCUT2D eigenvalue weighted by Gasteiger charge is 2.22. The summed E-state index contributed by atoms with van der Waals surface area (Å²) in [5.74, 6) is -0.0720. The molecule has 1 aliphatic carbocycles. The first kappa shape index (κ1) is 11.3. The van der Waals surface area contributed by atoms with Crippen molar-refractivity contribution in [3.63, 3.8) is 0 Å². The second kappa shape index (κ2) is 5.18. The second-order valence-corrected chi connectivity index (χ2v) is 4.51. The van der Waals surface area contributed by atoms with Gasteiger partial charge in [-0.2, -0.15) is 0 Å². The molecule has 0 heterocycles. The highest BCUT2D eigenvalue weighted by atomic mass is 16.4. The number of carboxylic acid groups (broad SMARTS) is 1. The normalized spacial score (nSPS) is 20.1. The summed E-state index contributed by atoms with van der Waals surface area (Å²) in [5, 5.41) is 9.11.